The molecule has 0 radical (unpaired) electrons. The monoisotopic (exact) mass is 205 g/mol. The summed E-state index contributed by atoms with van der Waals surface area (Å²) in [6.07, 6.45) is 8.59. The van der Waals surface area contributed by atoms with E-state index in [2.05, 4.69) is 31.8 Å². The second-order valence-electron chi connectivity index (χ2n) is 4.43. The predicted octanol–water partition coefficient (Wildman–Crippen LogP) is 4.46. The summed E-state index contributed by atoms with van der Waals surface area (Å²) in [5, 5.41) is 0. The molecule has 0 spiro atoms. The van der Waals surface area contributed by atoms with Gasteiger partial charge < -0.3 is 0 Å². The van der Waals surface area contributed by atoms with Gasteiger partial charge >= 0.3 is 0 Å². The van der Waals surface area contributed by atoms with Crippen LogP contribution in [0.3, 0.4) is 0 Å². The molecule has 0 saturated heterocycles. The van der Waals surface area contributed by atoms with Crippen molar-refractivity contribution < 1.29 is 0 Å². The molecule has 84 valence electrons. The standard InChI is InChI=1S/C14H23N/c1-4-5-6-7-9-12(2)14-10-8-11-15-13(14)3/h8,10-12H,4-7,9H2,1-3H3. The van der Waals surface area contributed by atoms with E-state index in [0.29, 0.717) is 5.92 Å². The molecular formula is C14H23N. The van der Waals surface area contributed by atoms with Crippen molar-refractivity contribution in [3.05, 3.63) is 29.6 Å². The molecule has 0 saturated carbocycles. The van der Waals surface area contributed by atoms with Gasteiger partial charge in [0.1, 0.15) is 0 Å². The van der Waals surface area contributed by atoms with E-state index < -0.39 is 0 Å². The molecule has 0 bridgehead atoms. The van der Waals surface area contributed by atoms with Gasteiger partial charge in [-0.1, -0.05) is 45.6 Å². The Morgan fingerprint density at radius 3 is 2.73 bits per heavy atom. The molecule has 0 fully saturated rings. The van der Waals surface area contributed by atoms with Crippen molar-refractivity contribution in [2.75, 3.05) is 0 Å². The highest BCUT2D eigenvalue weighted by Crippen LogP contribution is 2.23. The van der Waals surface area contributed by atoms with E-state index in [1.807, 2.05) is 12.3 Å². The minimum atomic E-state index is 0.663. The Bertz CT molecular complexity index is 280. The Morgan fingerprint density at radius 2 is 2.07 bits per heavy atom. The zero-order valence-electron chi connectivity index (χ0n) is 10.3. The molecule has 15 heavy (non-hydrogen) atoms. The first-order valence-electron chi connectivity index (χ1n) is 6.17. The fourth-order valence-corrected chi connectivity index (χ4v) is 2.05. The third kappa shape index (κ3) is 4.03. The van der Waals surface area contributed by atoms with Gasteiger partial charge in [-0.05, 0) is 30.9 Å². The lowest BCUT2D eigenvalue weighted by molar-refractivity contribution is 0.577. The molecule has 1 heterocycles. The first-order chi connectivity index (χ1) is 7.25. The third-order valence-electron chi connectivity index (χ3n) is 3.07. The number of unbranched alkanes of at least 4 members (excludes halogenated alkanes) is 3. The van der Waals surface area contributed by atoms with E-state index in [1.165, 1.54) is 43.4 Å². The fourth-order valence-electron chi connectivity index (χ4n) is 2.05. The van der Waals surface area contributed by atoms with Crippen LogP contribution in [0.15, 0.2) is 18.3 Å². The molecule has 0 aromatic carbocycles. The molecule has 0 N–H and O–H groups in total. The average Bonchev–Trinajstić information content (AvgIpc) is 2.25. The van der Waals surface area contributed by atoms with Gasteiger partial charge in [0.2, 0.25) is 0 Å². The van der Waals surface area contributed by atoms with Crippen LogP contribution in [0.4, 0.5) is 0 Å². The summed E-state index contributed by atoms with van der Waals surface area (Å²) in [7, 11) is 0. The van der Waals surface area contributed by atoms with Gasteiger partial charge in [0, 0.05) is 11.9 Å². The molecule has 0 aliphatic carbocycles. The second kappa shape index (κ2) is 6.60. The molecule has 1 atom stereocenters. The van der Waals surface area contributed by atoms with Crippen LogP contribution in [0.2, 0.25) is 0 Å². The van der Waals surface area contributed by atoms with Crippen LogP contribution >= 0.6 is 0 Å². The first-order valence-corrected chi connectivity index (χ1v) is 6.17. The molecule has 1 nitrogen and oxygen atoms in total. The average molecular weight is 205 g/mol. The molecule has 1 rings (SSSR count). The summed E-state index contributed by atoms with van der Waals surface area (Å²) in [5.41, 5.74) is 2.62. The molecule has 0 amide bonds. The number of aromatic nitrogens is 1. The van der Waals surface area contributed by atoms with Crippen LogP contribution in [0.25, 0.3) is 0 Å². The van der Waals surface area contributed by atoms with Crippen molar-refractivity contribution in [1.29, 1.82) is 0 Å². The smallest absolute Gasteiger partial charge is 0.0407 e. The van der Waals surface area contributed by atoms with E-state index >= 15 is 0 Å². The van der Waals surface area contributed by atoms with Crippen molar-refractivity contribution in [1.82, 2.24) is 4.98 Å². The van der Waals surface area contributed by atoms with Crippen molar-refractivity contribution in [3.8, 4) is 0 Å². The molecule has 1 aromatic rings. The van der Waals surface area contributed by atoms with Gasteiger partial charge in [0.15, 0.2) is 0 Å². The van der Waals surface area contributed by atoms with Gasteiger partial charge in [-0.25, -0.2) is 0 Å². The Hall–Kier alpha value is -0.850. The van der Waals surface area contributed by atoms with E-state index in [1.54, 1.807) is 0 Å². The van der Waals surface area contributed by atoms with Gasteiger partial charge in [0.25, 0.3) is 0 Å². The topological polar surface area (TPSA) is 12.9 Å². The Balaban J connectivity index is 2.40. The van der Waals surface area contributed by atoms with Crippen LogP contribution in [-0.2, 0) is 0 Å². The molecule has 0 aliphatic heterocycles. The highest BCUT2D eigenvalue weighted by molar-refractivity contribution is 5.22. The van der Waals surface area contributed by atoms with Gasteiger partial charge in [-0.3, -0.25) is 4.98 Å². The summed E-state index contributed by atoms with van der Waals surface area (Å²) in [6.45, 7) is 6.68. The molecule has 1 unspecified atom stereocenters. The SMILES string of the molecule is CCCCCCC(C)c1cccnc1C. The molecule has 1 aromatic heterocycles. The lowest BCUT2D eigenvalue weighted by Crippen LogP contribution is -1.98. The molecular weight excluding hydrogens is 182 g/mol. The lowest BCUT2D eigenvalue weighted by Gasteiger charge is -2.13. The predicted molar refractivity (Wildman–Crippen MR) is 66.1 cm³/mol. The second-order valence-corrected chi connectivity index (χ2v) is 4.43. The summed E-state index contributed by atoms with van der Waals surface area (Å²) in [6, 6.07) is 4.26. The number of nitrogens with zero attached hydrogens (tertiary/aromatic N) is 1. The maximum absolute atomic E-state index is 4.34. The minimum absolute atomic E-state index is 0.663. The molecule has 1 heteroatoms. The van der Waals surface area contributed by atoms with E-state index in [0.717, 1.165) is 0 Å². The third-order valence-corrected chi connectivity index (χ3v) is 3.07. The van der Waals surface area contributed by atoms with Gasteiger partial charge in [-0.2, -0.15) is 0 Å². The van der Waals surface area contributed by atoms with Crippen LogP contribution in [0, 0.1) is 6.92 Å². The Morgan fingerprint density at radius 1 is 1.27 bits per heavy atom. The summed E-state index contributed by atoms with van der Waals surface area (Å²) in [5.74, 6) is 0.663. The maximum Gasteiger partial charge on any atom is 0.0407 e. The van der Waals surface area contributed by atoms with Crippen LogP contribution in [0.5, 0.6) is 0 Å². The normalized spacial score (nSPS) is 12.7. The van der Waals surface area contributed by atoms with E-state index in [4.69, 9.17) is 0 Å². The van der Waals surface area contributed by atoms with Crippen LogP contribution in [-0.4, -0.2) is 4.98 Å². The summed E-state index contributed by atoms with van der Waals surface area (Å²) < 4.78 is 0. The number of pyridine rings is 1. The van der Waals surface area contributed by atoms with Crippen molar-refractivity contribution in [2.24, 2.45) is 0 Å². The van der Waals surface area contributed by atoms with Crippen molar-refractivity contribution in [3.63, 3.8) is 0 Å². The number of hydrogen-bond acceptors (Lipinski definition) is 1. The molecule has 0 aliphatic rings. The van der Waals surface area contributed by atoms with Gasteiger partial charge in [0.05, 0.1) is 0 Å². The summed E-state index contributed by atoms with van der Waals surface area (Å²) >= 11 is 0. The Kier molecular flexibility index (Phi) is 5.38. The highest BCUT2D eigenvalue weighted by atomic mass is 14.7. The van der Waals surface area contributed by atoms with Gasteiger partial charge in [-0.15, -0.1) is 0 Å². The van der Waals surface area contributed by atoms with Crippen molar-refractivity contribution in [2.45, 2.75) is 58.8 Å². The quantitative estimate of drug-likeness (QED) is 0.625. The highest BCUT2D eigenvalue weighted by Gasteiger charge is 2.07. The zero-order valence-corrected chi connectivity index (χ0v) is 10.3. The van der Waals surface area contributed by atoms with E-state index in [-0.39, 0.29) is 0 Å². The maximum atomic E-state index is 4.34. The largest absolute Gasteiger partial charge is 0.261 e. The number of hydrogen-bond donors (Lipinski definition) is 0. The fraction of sp³-hybridized carbons (Fsp3) is 0.643. The number of rotatable bonds is 6. The zero-order chi connectivity index (χ0) is 11.1. The minimum Gasteiger partial charge on any atom is -0.261 e. The van der Waals surface area contributed by atoms with Crippen LogP contribution < -0.4 is 0 Å². The first kappa shape index (κ1) is 12.2. The number of aryl methyl sites for hydroxylation is 1. The summed E-state index contributed by atoms with van der Waals surface area (Å²) in [4.78, 5) is 4.34. The van der Waals surface area contributed by atoms with E-state index in [9.17, 15) is 0 Å². The van der Waals surface area contributed by atoms with Crippen LogP contribution in [0.1, 0.15) is 63.1 Å². The Labute approximate surface area is 93.9 Å². The lowest BCUT2D eigenvalue weighted by atomic mass is 9.94. The van der Waals surface area contributed by atoms with Crippen molar-refractivity contribution >= 4 is 0 Å².